The molecule has 4 saturated heterocycles. The molecule has 0 aliphatic carbocycles. The number of hydrogen-bond acceptors (Lipinski definition) is 4. The van der Waals surface area contributed by atoms with E-state index in [9.17, 15) is 0 Å². The van der Waals surface area contributed by atoms with Crippen LogP contribution in [0, 0.1) is 11.8 Å². The van der Waals surface area contributed by atoms with E-state index in [4.69, 9.17) is 0 Å². The van der Waals surface area contributed by atoms with Gasteiger partial charge in [0.05, 0.1) is 0 Å². The van der Waals surface area contributed by atoms with Crippen LogP contribution in [-0.2, 0) is 0 Å². The number of rotatable bonds is 5. The molecule has 8 atom stereocenters. The Morgan fingerprint density at radius 1 is 0.423 bits per heavy atom. The monoisotopic (exact) mass is 362 g/mol. The Morgan fingerprint density at radius 3 is 0.808 bits per heavy atom. The molecule has 26 heavy (non-hydrogen) atoms. The van der Waals surface area contributed by atoms with Gasteiger partial charge in [-0.05, 0) is 90.9 Å². The van der Waals surface area contributed by atoms with Crippen LogP contribution >= 0.6 is 0 Å². The number of nitrogens with one attached hydrogen (secondary N) is 4. The Balaban J connectivity index is 1.61. The molecule has 4 fully saturated rings. The van der Waals surface area contributed by atoms with E-state index in [-0.39, 0.29) is 0 Å². The number of hydrogen-bond donors (Lipinski definition) is 4. The van der Waals surface area contributed by atoms with E-state index in [0.29, 0.717) is 48.3 Å². The van der Waals surface area contributed by atoms with Crippen molar-refractivity contribution >= 4 is 0 Å². The summed E-state index contributed by atoms with van der Waals surface area (Å²) >= 11 is 0. The van der Waals surface area contributed by atoms with Crippen molar-refractivity contribution in [3.05, 3.63) is 0 Å². The summed E-state index contributed by atoms with van der Waals surface area (Å²) in [5, 5.41) is 16.0. The van der Waals surface area contributed by atoms with Gasteiger partial charge in [0.1, 0.15) is 0 Å². The molecule has 4 heteroatoms. The lowest BCUT2D eigenvalue weighted by molar-refractivity contribution is 0.132. The molecule has 4 N–H and O–H groups in total. The average molecular weight is 363 g/mol. The first kappa shape index (κ1) is 19.2. The second-order valence-electron chi connectivity index (χ2n) is 10.2. The summed E-state index contributed by atoms with van der Waals surface area (Å²) in [7, 11) is 0. The van der Waals surface area contributed by atoms with E-state index < -0.39 is 0 Å². The SMILES string of the molecule is CC1CCC(C(C2CCC(C)N2)C(C2CCC(C)N2)C2CCC(C)N2)N1. The topological polar surface area (TPSA) is 48.1 Å². The zero-order valence-corrected chi connectivity index (χ0v) is 17.4. The molecular formula is C22H42N4. The highest BCUT2D eigenvalue weighted by atomic mass is 15.1. The zero-order valence-electron chi connectivity index (χ0n) is 17.4. The molecule has 150 valence electrons. The molecule has 0 bridgehead atoms. The quantitative estimate of drug-likeness (QED) is 0.607. The highest BCUT2D eigenvalue weighted by Crippen LogP contribution is 2.40. The summed E-state index contributed by atoms with van der Waals surface area (Å²) < 4.78 is 0. The standard InChI is InChI=1S/C22H42N4/c1-13-5-9-17(23-13)21(18-10-6-14(2)24-18)22(19-11-7-15(3)25-19)20-12-8-16(4)26-20/h13-26H,5-12H2,1-4H3. The fourth-order valence-corrected chi connectivity index (χ4v) is 6.69. The highest BCUT2D eigenvalue weighted by Gasteiger charge is 2.48. The summed E-state index contributed by atoms with van der Waals surface area (Å²) in [4.78, 5) is 0. The first-order chi connectivity index (χ1) is 12.5. The van der Waals surface area contributed by atoms with Gasteiger partial charge < -0.3 is 21.3 Å². The van der Waals surface area contributed by atoms with Crippen molar-refractivity contribution in [1.82, 2.24) is 21.3 Å². The predicted octanol–water partition coefficient (Wildman–Crippen LogP) is 2.78. The Morgan fingerprint density at radius 2 is 0.654 bits per heavy atom. The maximum atomic E-state index is 4.00. The van der Waals surface area contributed by atoms with Crippen molar-refractivity contribution in [2.24, 2.45) is 11.8 Å². The smallest absolute Gasteiger partial charge is 0.0117 e. The summed E-state index contributed by atoms with van der Waals surface area (Å²) in [5.41, 5.74) is 0. The Kier molecular flexibility index (Phi) is 5.95. The minimum Gasteiger partial charge on any atom is -0.311 e. The van der Waals surface area contributed by atoms with Gasteiger partial charge in [-0.15, -0.1) is 0 Å². The first-order valence-electron chi connectivity index (χ1n) is 11.6. The third kappa shape index (κ3) is 3.99. The van der Waals surface area contributed by atoms with Crippen molar-refractivity contribution in [3.63, 3.8) is 0 Å². The minimum atomic E-state index is 0.688. The molecule has 4 heterocycles. The molecular weight excluding hydrogens is 320 g/mol. The fourth-order valence-electron chi connectivity index (χ4n) is 6.69. The van der Waals surface area contributed by atoms with E-state index in [0.717, 1.165) is 11.8 Å². The zero-order chi connectivity index (χ0) is 18.3. The third-order valence-corrected chi connectivity index (χ3v) is 7.94. The molecule has 0 spiro atoms. The van der Waals surface area contributed by atoms with Gasteiger partial charge in [0.15, 0.2) is 0 Å². The molecule has 8 unspecified atom stereocenters. The van der Waals surface area contributed by atoms with Crippen molar-refractivity contribution in [2.45, 2.75) is 127 Å². The van der Waals surface area contributed by atoms with Gasteiger partial charge in [-0.3, -0.25) is 0 Å². The Bertz CT molecular complexity index is 387. The van der Waals surface area contributed by atoms with Crippen LogP contribution in [0.3, 0.4) is 0 Å². The van der Waals surface area contributed by atoms with Crippen molar-refractivity contribution < 1.29 is 0 Å². The van der Waals surface area contributed by atoms with Crippen LogP contribution in [0.4, 0.5) is 0 Å². The summed E-state index contributed by atoms with van der Waals surface area (Å²) in [5.74, 6) is 1.49. The summed E-state index contributed by atoms with van der Waals surface area (Å²) in [6, 6.07) is 5.50. The summed E-state index contributed by atoms with van der Waals surface area (Å²) in [6.07, 6.45) is 10.8. The third-order valence-electron chi connectivity index (χ3n) is 7.94. The summed E-state index contributed by atoms with van der Waals surface area (Å²) in [6.45, 7) is 9.51. The second-order valence-corrected chi connectivity index (χ2v) is 10.2. The lowest BCUT2D eigenvalue weighted by Crippen LogP contribution is -2.57. The van der Waals surface area contributed by atoms with E-state index in [2.05, 4.69) is 49.0 Å². The maximum absolute atomic E-state index is 4.00. The maximum Gasteiger partial charge on any atom is 0.0117 e. The molecule has 0 aromatic carbocycles. The van der Waals surface area contributed by atoms with Crippen molar-refractivity contribution in [2.75, 3.05) is 0 Å². The van der Waals surface area contributed by atoms with Gasteiger partial charge >= 0.3 is 0 Å². The lowest BCUT2D eigenvalue weighted by atomic mass is 9.71. The van der Waals surface area contributed by atoms with E-state index in [1.807, 2.05) is 0 Å². The van der Waals surface area contributed by atoms with E-state index in [1.54, 1.807) is 0 Å². The van der Waals surface area contributed by atoms with Crippen LogP contribution < -0.4 is 21.3 Å². The molecule has 0 aromatic rings. The normalized spacial score (nSPS) is 48.9. The van der Waals surface area contributed by atoms with Crippen LogP contribution in [-0.4, -0.2) is 48.3 Å². The highest BCUT2D eigenvalue weighted by molar-refractivity contribution is 5.06. The molecule has 0 amide bonds. The van der Waals surface area contributed by atoms with Crippen LogP contribution in [0.5, 0.6) is 0 Å². The van der Waals surface area contributed by atoms with Crippen LogP contribution in [0.1, 0.15) is 79.1 Å². The molecule has 0 saturated carbocycles. The fraction of sp³-hybridized carbons (Fsp3) is 1.00. The second kappa shape index (κ2) is 8.06. The molecule has 4 nitrogen and oxygen atoms in total. The van der Waals surface area contributed by atoms with E-state index in [1.165, 1.54) is 51.4 Å². The predicted molar refractivity (Wildman–Crippen MR) is 109 cm³/mol. The lowest BCUT2D eigenvalue weighted by Gasteiger charge is -2.43. The van der Waals surface area contributed by atoms with Gasteiger partial charge in [-0.1, -0.05) is 0 Å². The van der Waals surface area contributed by atoms with E-state index >= 15 is 0 Å². The molecule has 4 aliphatic heterocycles. The molecule has 0 aromatic heterocycles. The van der Waals surface area contributed by atoms with Crippen LogP contribution in [0.25, 0.3) is 0 Å². The van der Waals surface area contributed by atoms with Crippen LogP contribution in [0.15, 0.2) is 0 Å². The van der Waals surface area contributed by atoms with Crippen molar-refractivity contribution in [1.29, 1.82) is 0 Å². The van der Waals surface area contributed by atoms with Crippen molar-refractivity contribution in [3.8, 4) is 0 Å². The molecule has 4 rings (SSSR count). The van der Waals surface area contributed by atoms with Gasteiger partial charge in [0, 0.05) is 48.3 Å². The molecule has 4 aliphatic rings. The van der Waals surface area contributed by atoms with Crippen LogP contribution in [0.2, 0.25) is 0 Å². The largest absolute Gasteiger partial charge is 0.311 e. The Labute approximate surface area is 161 Å². The van der Waals surface area contributed by atoms with Gasteiger partial charge in [0.25, 0.3) is 0 Å². The van der Waals surface area contributed by atoms with Gasteiger partial charge in [-0.2, -0.15) is 0 Å². The molecule has 0 radical (unpaired) electrons. The first-order valence-corrected chi connectivity index (χ1v) is 11.6. The minimum absolute atomic E-state index is 0.688. The Hall–Kier alpha value is -0.160. The van der Waals surface area contributed by atoms with Gasteiger partial charge in [-0.25, -0.2) is 0 Å². The van der Waals surface area contributed by atoms with Gasteiger partial charge in [0.2, 0.25) is 0 Å². The average Bonchev–Trinajstić information content (AvgIpc) is 3.36.